The monoisotopic (exact) mass is 516 g/mol. The van der Waals surface area contributed by atoms with E-state index in [2.05, 4.69) is 77.0 Å². The molecular formula is C7H4Br2I2O. The SMILES string of the molecule is Cc1c(O)c(Br)c(Br)c(I)c1I. The lowest BCUT2D eigenvalue weighted by Crippen LogP contribution is -1.90. The topological polar surface area (TPSA) is 20.2 Å². The van der Waals surface area contributed by atoms with Crippen LogP contribution in [0.3, 0.4) is 0 Å². The van der Waals surface area contributed by atoms with Gasteiger partial charge in [0, 0.05) is 17.2 Å². The Balaban J connectivity index is 3.60. The fraction of sp³-hybridized carbons (Fsp3) is 0.143. The van der Waals surface area contributed by atoms with Crippen molar-refractivity contribution in [3.8, 4) is 5.75 Å². The summed E-state index contributed by atoms with van der Waals surface area (Å²) in [7, 11) is 0. The molecule has 66 valence electrons. The summed E-state index contributed by atoms with van der Waals surface area (Å²) in [6, 6.07) is 0. The molecule has 12 heavy (non-hydrogen) atoms. The van der Waals surface area contributed by atoms with Crippen LogP contribution in [-0.4, -0.2) is 5.11 Å². The van der Waals surface area contributed by atoms with E-state index >= 15 is 0 Å². The third-order valence-corrected chi connectivity index (χ3v) is 7.77. The van der Waals surface area contributed by atoms with Gasteiger partial charge in [0.2, 0.25) is 0 Å². The molecule has 1 rings (SSSR count). The van der Waals surface area contributed by atoms with Crippen LogP contribution in [0.5, 0.6) is 5.75 Å². The van der Waals surface area contributed by atoms with E-state index in [0.29, 0.717) is 5.75 Å². The van der Waals surface area contributed by atoms with Crippen LogP contribution in [-0.2, 0) is 0 Å². The van der Waals surface area contributed by atoms with Crippen LogP contribution >= 0.6 is 77.0 Å². The van der Waals surface area contributed by atoms with Gasteiger partial charge in [-0.1, -0.05) is 0 Å². The minimum Gasteiger partial charge on any atom is -0.506 e. The zero-order valence-electron chi connectivity index (χ0n) is 5.96. The lowest BCUT2D eigenvalue weighted by atomic mass is 10.2. The van der Waals surface area contributed by atoms with Crippen molar-refractivity contribution in [3.63, 3.8) is 0 Å². The molecule has 0 fully saturated rings. The summed E-state index contributed by atoms with van der Waals surface area (Å²) in [4.78, 5) is 0. The summed E-state index contributed by atoms with van der Waals surface area (Å²) in [5.41, 5.74) is 0.912. The smallest absolute Gasteiger partial charge is 0.134 e. The number of phenolic OH excluding ortho intramolecular Hbond substituents is 1. The molecule has 0 radical (unpaired) electrons. The number of rotatable bonds is 0. The van der Waals surface area contributed by atoms with Crippen LogP contribution in [0, 0.1) is 14.1 Å². The van der Waals surface area contributed by atoms with Gasteiger partial charge in [0.15, 0.2) is 0 Å². The number of hydrogen-bond donors (Lipinski definition) is 1. The van der Waals surface area contributed by atoms with Gasteiger partial charge >= 0.3 is 0 Å². The van der Waals surface area contributed by atoms with Crippen LogP contribution in [0.2, 0.25) is 0 Å². The summed E-state index contributed by atoms with van der Waals surface area (Å²) in [6.45, 7) is 1.90. The maximum atomic E-state index is 9.61. The molecule has 0 unspecified atom stereocenters. The molecule has 1 aromatic carbocycles. The quantitative estimate of drug-likeness (QED) is 0.307. The van der Waals surface area contributed by atoms with Gasteiger partial charge in [0.1, 0.15) is 5.75 Å². The second-order valence-electron chi connectivity index (χ2n) is 2.23. The Bertz CT molecular complexity index is 234. The molecule has 0 aliphatic heterocycles. The van der Waals surface area contributed by atoms with Crippen LogP contribution in [0.4, 0.5) is 0 Å². The first-order chi connectivity index (χ1) is 5.46. The average molecular weight is 518 g/mol. The van der Waals surface area contributed by atoms with Gasteiger partial charge in [-0.15, -0.1) is 0 Å². The number of benzene rings is 1. The van der Waals surface area contributed by atoms with Crippen molar-refractivity contribution in [2.45, 2.75) is 6.92 Å². The first kappa shape index (κ1) is 11.5. The molecule has 1 aromatic rings. The number of aromatic hydroxyl groups is 1. The van der Waals surface area contributed by atoms with Crippen molar-refractivity contribution in [2.75, 3.05) is 0 Å². The van der Waals surface area contributed by atoms with Gasteiger partial charge in [-0.2, -0.15) is 0 Å². The first-order valence-corrected chi connectivity index (χ1v) is 6.72. The molecule has 0 amide bonds. The maximum Gasteiger partial charge on any atom is 0.134 e. The van der Waals surface area contributed by atoms with E-state index in [1.54, 1.807) is 0 Å². The molecule has 5 heteroatoms. The zero-order chi connectivity index (χ0) is 9.46. The first-order valence-electron chi connectivity index (χ1n) is 2.98. The van der Waals surface area contributed by atoms with E-state index in [-0.39, 0.29) is 0 Å². The summed E-state index contributed by atoms with van der Waals surface area (Å²) < 4.78 is 3.84. The van der Waals surface area contributed by atoms with E-state index in [1.165, 1.54) is 0 Å². The zero-order valence-corrected chi connectivity index (χ0v) is 13.4. The highest BCUT2D eigenvalue weighted by molar-refractivity contribution is 14.1. The van der Waals surface area contributed by atoms with Crippen LogP contribution in [0.15, 0.2) is 8.95 Å². The molecule has 0 saturated carbocycles. The van der Waals surface area contributed by atoms with Crippen molar-refractivity contribution in [1.29, 1.82) is 0 Å². The molecule has 0 aliphatic rings. The Morgan fingerprint density at radius 3 is 2.08 bits per heavy atom. The molecule has 1 N–H and O–H groups in total. The van der Waals surface area contributed by atoms with Gasteiger partial charge in [-0.3, -0.25) is 0 Å². The van der Waals surface area contributed by atoms with Gasteiger partial charge < -0.3 is 5.11 Å². The minimum atomic E-state index is 0.312. The molecule has 0 saturated heterocycles. The Morgan fingerprint density at radius 1 is 1.08 bits per heavy atom. The lowest BCUT2D eigenvalue weighted by Gasteiger charge is -2.09. The summed E-state index contributed by atoms with van der Waals surface area (Å²) >= 11 is 11.2. The molecule has 0 aliphatic carbocycles. The Kier molecular flexibility index (Phi) is 4.13. The normalized spacial score (nSPS) is 10.4. The van der Waals surface area contributed by atoms with Crippen molar-refractivity contribution in [1.82, 2.24) is 0 Å². The fourth-order valence-corrected chi connectivity index (χ4v) is 3.55. The third kappa shape index (κ3) is 1.93. The van der Waals surface area contributed by atoms with Gasteiger partial charge in [0.05, 0.1) is 4.47 Å². The number of halogens is 4. The van der Waals surface area contributed by atoms with Crippen LogP contribution in [0.25, 0.3) is 0 Å². The maximum absolute atomic E-state index is 9.61. The summed E-state index contributed by atoms with van der Waals surface area (Å²) in [6.07, 6.45) is 0. The predicted molar refractivity (Wildman–Crippen MR) is 73.7 cm³/mol. The largest absolute Gasteiger partial charge is 0.506 e. The molecule has 0 aromatic heterocycles. The van der Waals surface area contributed by atoms with E-state index in [0.717, 1.165) is 21.6 Å². The molecule has 1 nitrogen and oxygen atoms in total. The van der Waals surface area contributed by atoms with E-state index in [4.69, 9.17) is 0 Å². The van der Waals surface area contributed by atoms with E-state index in [9.17, 15) is 5.11 Å². The van der Waals surface area contributed by atoms with Crippen molar-refractivity contribution >= 4 is 77.0 Å². The highest BCUT2D eigenvalue weighted by Gasteiger charge is 2.14. The molecule has 0 atom stereocenters. The van der Waals surface area contributed by atoms with E-state index in [1.807, 2.05) is 6.92 Å². The molecule has 0 spiro atoms. The predicted octanol–water partition coefficient (Wildman–Crippen LogP) is 4.43. The van der Waals surface area contributed by atoms with Crippen molar-refractivity contribution in [2.24, 2.45) is 0 Å². The molecule has 0 bridgehead atoms. The minimum absolute atomic E-state index is 0.312. The second-order valence-corrected chi connectivity index (χ2v) is 5.97. The van der Waals surface area contributed by atoms with Gasteiger partial charge in [-0.05, 0) is 84.0 Å². The Labute approximate surface area is 115 Å². The third-order valence-electron chi connectivity index (χ3n) is 1.47. The molecular weight excluding hydrogens is 514 g/mol. The number of phenols is 1. The average Bonchev–Trinajstić information content (AvgIpc) is 2.08. The Morgan fingerprint density at radius 2 is 1.58 bits per heavy atom. The summed E-state index contributed by atoms with van der Waals surface area (Å²) in [5.74, 6) is 0.312. The van der Waals surface area contributed by atoms with Crippen LogP contribution in [0.1, 0.15) is 5.56 Å². The Hall–Kier alpha value is 1.44. The lowest BCUT2D eigenvalue weighted by molar-refractivity contribution is 0.466. The number of hydrogen-bond acceptors (Lipinski definition) is 1. The van der Waals surface area contributed by atoms with Crippen molar-refractivity contribution < 1.29 is 5.11 Å². The van der Waals surface area contributed by atoms with Crippen LogP contribution < -0.4 is 0 Å². The summed E-state index contributed by atoms with van der Waals surface area (Å²) in [5, 5.41) is 9.61. The van der Waals surface area contributed by atoms with E-state index < -0.39 is 0 Å². The van der Waals surface area contributed by atoms with Crippen molar-refractivity contribution in [3.05, 3.63) is 21.6 Å². The fourth-order valence-electron chi connectivity index (χ4n) is 0.730. The highest BCUT2D eigenvalue weighted by Crippen LogP contribution is 2.40. The highest BCUT2D eigenvalue weighted by atomic mass is 127. The standard InChI is InChI=1S/C7H4Br2I2O/c1-2-5(10)6(11)3(8)4(9)7(2)12/h12H,1H3. The molecule has 0 heterocycles. The second kappa shape index (κ2) is 4.31. The van der Waals surface area contributed by atoms with Gasteiger partial charge in [0.25, 0.3) is 0 Å². The van der Waals surface area contributed by atoms with Gasteiger partial charge in [-0.25, -0.2) is 0 Å².